The molecule has 2 amide bonds. The van der Waals surface area contributed by atoms with Gasteiger partial charge in [0.2, 0.25) is 0 Å². The van der Waals surface area contributed by atoms with Crippen LogP contribution >= 0.6 is 0 Å². The summed E-state index contributed by atoms with van der Waals surface area (Å²) in [5, 5.41) is 4.84. The van der Waals surface area contributed by atoms with Crippen LogP contribution in [-0.2, 0) is 0 Å². The second-order valence-electron chi connectivity index (χ2n) is 5.09. The average Bonchev–Trinajstić information content (AvgIpc) is 2.94. The fourth-order valence-corrected chi connectivity index (χ4v) is 2.43. The molecule has 0 heterocycles. The Morgan fingerprint density at radius 1 is 1.30 bits per heavy atom. The highest BCUT2D eigenvalue weighted by molar-refractivity contribution is 5.90. The molecule has 0 atom stereocenters. The summed E-state index contributed by atoms with van der Waals surface area (Å²) in [6.45, 7) is 1.97. The minimum absolute atomic E-state index is 0.172. The maximum absolute atomic E-state index is 13.3. The number of benzene rings is 1. The number of carbonyl (C=O) groups excluding carboxylic acids is 1. The summed E-state index contributed by atoms with van der Waals surface area (Å²) in [7, 11) is 0. The molecule has 0 bridgehead atoms. The van der Waals surface area contributed by atoms with Gasteiger partial charge in [-0.05, 0) is 37.8 Å². The lowest BCUT2D eigenvalue weighted by molar-refractivity contribution is 0.255. The van der Waals surface area contributed by atoms with Crippen LogP contribution in [-0.4, -0.2) is 6.03 Å². The van der Waals surface area contributed by atoms with Crippen LogP contribution in [0.4, 0.5) is 19.3 Å². The highest BCUT2D eigenvalue weighted by atomic mass is 19.1. The van der Waals surface area contributed by atoms with Gasteiger partial charge in [-0.15, -0.1) is 0 Å². The van der Waals surface area contributed by atoms with Crippen molar-refractivity contribution < 1.29 is 13.6 Å². The number of anilines is 1. The van der Waals surface area contributed by atoms with Gasteiger partial charge < -0.3 is 10.6 Å². The Balaban J connectivity index is 1.92. The van der Waals surface area contributed by atoms with E-state index in [0.29, 0.717) is 5.92 Å². The largest absolute Gasteiger partial charge is 0.323 e. The van der Waals surface area contributed by atoms with Crippen molar-refractivity contribution in [3.63, 3.8) is 0 Å². The van der Waals surface area contributed by atoms with Crippen molar-refractivity contribution in [1.29, 1.82) is 0 Å². The first-order chi connectivity index (χ1) is 9.56. The molecular formula is C15H18F2N2O. The fraction of sp³-hybridized carbons (Fsp3) is 0.400. The fourth-order valence-electron chi connectivity index (χ4n) is 2.43. The van der Waals surface area contributed by atoms with Crippen molar-refractivity contribution >= 4 is 11.7 Å². The Morgan fingerprint density at radius 2 is 2.00 bits per heavy atom. The molecule has 1 aromatic carbocycles. The summed E-state index contributed by atoms with van der Waals surface area (Å²) in [6.07, 6.45) is 6.37. The average molecular weight is 280 g/mol. The van der Waals surface area contributed by atoms with Crippen LogP contribution in [0.3, 0.4) is 0 Å². The molecular weight excluding hydrogens is 262 g/mol. The molecule has 0 saturated heterocycles. The molecule has 5 heteroatoms. The van der Waals surface area contributed by atoms with E-state index in [2.05, 4.69) is 10.6 Å². The van der Waals surface area contributed by atoms with Crippen molar-refractivity contribution in [2.75, 3.05) is 5.32 Å². The minimum atomic E-state index is -0.668. The van der Waals surface area contributed by atoms with Crippen LogP contribution < -0.4 is 10.6 Å². The van der Waals surface area contributed by atoms with Crippen molar-refractivity contribution in [3.05, 3.63) is 41.6 Å². The molecule has 3 nitrogen and oxygen atoms in total. The maximum atomic E-state index is 13.3. The number of hydrogen-bond acceptors (Lipinski definition) is 1. The van der Waals surface area contributed by atoms with Gasteiger partial charge in [-0.2, -0.15) is 0 Å². The molecule has 0 unspecified atom stereocenters. The van der Waals surface area contributed by atoms with Gasteiger partial charge in [0.1, 0.15) is 11.6 Å². The monoisotopic (exact) mass is 280 g/mol. The molecule has 1 aliphatic carbocycles. The first kappa shape index (κ1) is 14.5. The summed E-state index contributed by atoms with van der Waals surface area (Å²) in [4.78, 5) is 11.6. The third kappa shape index (κ3) is 3.79. The Hall–Kier alpha value is -1.91. The molecule has 1 aromatic rings. The molecule has 1 saturated carbocycles. The lowest BCUT2D eigenvalue weighted by Crippen LogP contribution is -2.25. The molecule has 2 N–H and O–H groups in total. The van der Waals surface area contributed by atoms with Gasteiger partial charge >= 0.3 is 6.03 Å². The molecule has 1 aliphatic rings. The summed E-state index contributed by atoms with van der Waals surface area (Å²) in [6, 6.07) is 2.35. The summed E-state index contributed by atoms with van der Waals surface area (Å²) in [5.41, 5.74) is 0.937. The van der Waals surface area contributed by atoms with Crippen LogP contribution in [0.25, 0.3) is 0 Å². The quantitative estimate of drug-likeness (QED) is 0.856. The molecule has 108 valence electrons. The van der Waals surface area contributed by atoms with Crippen molar-refractivity contribution in [3.8, 4) is 0 Å². The van der Waals surface area contributed by atoms with E-state index in [1.165, 1.54) is 12.8 Å². The van der Waals surface area contributed by atoms with Gasteiger partial charge in [-0.25, -0.2) is 13.6 Å². The van der Waals surface area contributed by atoms with Crippen LogP contribution in [0.5, 0.6) is 0 Å². The number of allylic oxidation sites excluding steroid dienone is 1. The summed E-state index contributed by atoms with van der Waals surface area (Å²) >= 11 is 0. The second kappa shape index (κ2) is 6.50. The van der Waals surface area contributed by atoms with Gasteiger partial charge in [0.25, 0.3) is 0 Å². The van der Waals surface area contributed by atoms with Gasteiger partial charge in [0, 0.05) is 12.3 Å². The van der Waals surface area contributed by atoms with E-state index in [9.17, 15) is 13.6 Å². The van der Waals surface area contributed by atoms with E-state index in [0.717, 1.165) is 36.6 Å². The predicted molar refractivity (Wildman–Crippen MR) is 74.2 cm³/mol. The van der Waals surface area contributed by atoms with Crippen LogP contribution in [0, 0.1) is 17.6 Å². The number of rotatable bonds is 3. The Morgan fingerprint density at radius 3 is 2.70 bits per heavy atom. The smallest absolute Gasteiger partial charge is 0.314 e. The molecule has 0 spiro atoms. The molecule has 0 aromatic heterocycles. The van der Waals surface area contributed by atoms with Crippen LogP contribution in [0.1, 0.15) is 32.6 Å². The van der Waals surface area contributed by atoms with E-state index >= 15 is 0 Å². The first-order valence-corrected chi connectivity index (χ1v) is 6.75. The first-order valence-electron chi connectivity index (χ1n) is 6.75. The zero-order valence-corrected chi connectivity index (χ0v) is 11.4. The lowest BCUT2D eigenvalue weighted by atomic mass is 10.0. The van der Waals surface area contributed by atoms with Crippen LogP contribution in [0.15, 0.2) is 30.0 Å². The second-order valence-corrected chi connectivity index (χ2v) is 5.09. The summed E-state index contributed by atoms with van der Waals surface area (Å²) in [5.74, 6) is -0.751. The predicted octanol–water partition coefficient (Wildman–Crippen LogP) is 4.18. The normalized spacial score (nSPS) is 16.2. The molecule has 2 rings (SSSR count). The topological polar surface area (TPSA) is 41.1 Å². The van der Waals surface area contributed by atoms with E-state index in [1.54, 1.807) is 6.20 Å². The number of amides is 2. The standard InChI is InChI=1S/C15H18F2N2O/c1-10(11-4-2-3-5-11)9-18-15(20)19-14-8-12(16)6-7-13(14)17/h6-9,11H,2-5H2,1H3,(H2,18,19,20)/b10-9+. The van der Waals surface area contributed by atoms with Gasteiger partial charge in [0.05, 0.1) is 5.69 Å². The minimum Gasteiger partial charge on any atom is -0.314 e. The van der Waals surface area contributed by atoms with Crippen molar-refractivity contribution in [2.45, 2.75) is 32.6 Å². The third-order valence-electron chi connectivity index (χ3n) is 3.61. The third-order valence-corrected chi connectivity index (χ3v) is 3.61. The number of hydrogen-bond donors (Lipinski definition) is 2. The SMILES string of the molecule is C/C(=C\NC(=O)Nc1cc(F)ccc1F)C1CCCC1. The molecule has 20 heavy (non-hydrogen) atoms. The highest BCUT2D eigenvalue weighted by Crippen LogP contribution is 2.30. The Bertz CT molecular complexity index is 523. The zero-order valence-electron chi connectivity index (χ0n) is 11.4. The van der Waals surface area contributed by atoms with E-state index in [-0.39, 0.29) is 5.69 Å². The number of urea groups is 1. The van der Waals surface area contributed by atoms with Gasteiger partial charge in [-0.1, -0.05) is 18.4 Å². The van der Waals surface area contributed by atoms with Gasteiger partial charge in [-0.3, -0.25) is 0 Å². The van der Waals surface area contributed by atoms with E-state index < -0.39 is 17.7 Å². The van der Waals surface area contributed by atoms with E-state index in [4.69, 9.17) is 0 Å². The maximum Gasteiger partial charge on any atom is 0.323 e. The number of carbonyl (C=O) groups is 1. The highest BCUT2D eigenvalue weighted by Gasteiger charge is 2.16. The summed E-state index contributed by atoms with van der Waals surface area (Å²) < 4.78 is 26.3. The zero-order chi connectivity index (χ0) is 14.5. The van der Waals surface area contributed by atoms with Crippen molar-refractivity contribution in [1.82, 2.24) is 5.32 Å². The molecule has 0 aliphatic heterocycles. The van der Waals surface area contributed by atoms with Crippen molar-refractivity contribution in [2.24, 2.45) is 5.92 Å². The Labute approximate surface area is 117 Å². The van der Waals surface area contributed by atoms with E-state index in [1.807, 2.05) is 6.92 Å². The van der Waals surface area contributed by atoms with Gasteiger partial charge in [0.15, 0.2) is 0 Å². The lowest BCUT2D eigenvalue weighted by Gasteiger charge is -2.10. The van der Waals surface area contributed by atoms with Crippen LogP contribution in [0.2, 0.25) is 0 Å². The number of nitrogens with one attached hydrogen (secondary N) is 2. The molecule has 1 fully saturated rings. The molecule has 0 radical (unpaired) electrons. The number of halogens is 2. The Kier molecular flexibility index (Phi) is 4.71.